The Morgan fingerprint density at radius 2 is 2.44 bits per heavy atom. The molecule has 48 valence electrons. The highest BCUT2D eigenvalue weighted by Crippen LogP contribution is 2.15. The summed E-state index contributed by atoms with van der Waals surface area (Å²) in [6, 6.07) is 0. The number of aliphatic carboxylic acids is 1. The molecule has 0 radical (unpaired) electrons. The second-order valence-corrected chi connectivity index (χ2v) is 2.13. The second-order valence-electron chi connectivity index (χ2n) is 2.13. The molecule has 1 aliphatic carbocycles. The minimum absolute atomic E-state index is 0.493. The number of rotatable bonds is 1. The van der Waals surface area contributed by atoms with Gasteiger partial charge in [-0.1, -0.05) is 11.6 Å². The number of carbonyl (C=O) groups is 1. The molecule has 0 aromatic heterocycles. The molecular weight excluding hydrogens is 116 g/mol. The maximum Gasteiger partial charge on any atom is 0.331 e. The van der Waals surface area contributed by atoms with Gasteiger partial charge in [0.25, 0.3) is 0 Å². The third-order valence-corrected chi connectivity index (χ3v) is 1.32. The Balaban J connectivity index is 2.71. The van der Waals surface area contributed by atoms with Gasteiger partial charge in [0.15, 0.2) is 0 Å². The zero-order chi connectivity index (χ0) is 6.85. The summed E-state index contributed by atoms with van der Waals surface area (Å²) >= 11 is 0. The van der Waals surface area contributed by atoms with Gasteiger partial charge >= 0.3 is 5.97 Å². The largest absolute Gasteiger partial charge is 0.478 e. The average Bonchev–Trinajstić information content (AvgIpc) is 2.14. The highest BCUT2D eigenvalue weighted by Gasteiger charge is 2.09. The van der Waals surface area contributed by atoms with Crippen molar-refractivity contribution in [3.8, 4) is 0 Å². The van der Waals surface area contributed by atoms with Crippen molar-refractivity contribution in [3.05, 3.63) is 23.3 Å². The zero-order valence-corrected chi connectivity index (χ0v) is 5.22. The second kappa shape index (κ2) is 2.05. The van der Waals surface area contributed by atoms with Crippen molar-refractivity contribution < 1.29 is 9.90 Å². The van der Waals surface area contributed by atoms with E-state index in [1.54, 1.807) is 6.08 Å². The molecule has 0 spiro atoms. The fourth-order valence-corrected chi connectivity index (χ4v) is 0.813. The molecule has 0 bridgehead atoms. The Morgan fingerprint density at radius 3 is 2.67 bits per heavy atom. The fourth-order valence-electron chi connectivity index (χ4n) is 0.813. The molecule has 1 aliphatic rings. The van der Waals surface area contributed by atoms with Gasteiger partial charge in [-0.3, -0.25) is 0 Å². The van der Waals surface area contributed by atoms with Crippen molar-refractivity contribution in [2.24, 2.45) is 0 Å². The van der Waals surface area contributed by atoms with Crippen LogP contribution in [-0.4, -0.2) is 11.1 Å². The number of carboxylic acids is 1. The Bertz CT molecular complexity index is 199. The van der Waals surface area contributed by atoms with Gasteiger partial charge in [-0.25, -0.2) is 4.79 Å². The predicted octanol–water partition coefficient (Wildman–Crippen LogP) is 1.35. The van der Waals surface area contributed by atoms with Crippen LogP contribution in [0.25, 0.3) is 0 Å². The molecule has 2 nitrogen and oxygen atoms in total. The first-order valence-corrected chi connectivity index (χ1v) is 2.81. The average molecular weight is 124 g/mol. The van der Waals surface area contributed by atoms with E-state index >= 15 is 0 Å². The van der Waals surface area contributed by atoms with Gasteiger partial charge in [0.2, 0.25) is 0 Å². The van der Waals surface area contributed by atoms with Crippen LogP contribution in [0.3, 0.4) is 0 Å². The normalized spacial score (nSPS) is 17.0. The topological polar surface area (TPSA) is 37.3 Å². The maximum atomic E-state index is 10.2. The molecule has 0 atom stereocenters. The first kappa shape index (κ1) is 6.08. The first-order chi connectivity index (χ1) is 4.20. The third kappa shape index (κ3) is 1.19. The summed E-state index contributed by atoms with van der Waals surface area (Å²) in [4.78, 5) is 10.2. The Kier molecular flexibility index (Phi) is 1.39. The summed E-state index contributed by atoms with van der Waals surface area (Å²) < 4.78 is 0. The molecule has 0 saturated carbocycles. The van der Waals surface area contributed by atoms with Crippen LogP contribution in [0.2, 0.25) is 0 Å². The monoisotopic (exact) mass is 124 g/mol. The van der Waals surface area contributed by atoms with Gasteiger partial charge < -0.3 is 5.11 Å². The van der Waals surface area contributed by atoms with Crippen LogP contribution in [0.15, 0.2) is 23.3 Å². The lowest BCUT2D eigenvalue weighted by Crippen LogP contribution is -1.96. The van der Waals surface area contributed by atoms with Crippen LogP contribution in [0.5, 0.6) is 0 Å². The van der Waals surface area contributed by atoms with E-state index in [2.05, 4.69) is 0 Å². The summed E-state index contributed by atoms with van der Waals surface area (Å²) in [7, 11) is 0. The van der Waals surface area contributed by atoms with Gasteiger partial charge in [-0.15, -0.1) is 0 Å². The zero-order valence-electron chi connectivity index (χ0n) is 5.22. The third-order valence-electron chi connectivity index (χ3n) is 1.32. The molecule has 0 aliphatic heterocycles. The standard InChI is InChI=1S/C7H8O2/c1-5-2-3-6(4-5)7(8)9/h2,4H,3H2,1H3,(H,8,9). The SMILES string of the molecule is CC1=CCC(C(=O)O)=C1. The van der Waals surface area contributed by atoms with Gasteiger partial charge in [0, 0.05) is 5.57 Å². The molecule has 9 heavy (non-hydrogen) atoms. The summed E-state index contributed by atoms with van der Waals surface area (Å²) in [5.74, 6) is -0.803. The van der Waals surface area contributed by atoms with E-state index in [1.807, 2.05) is 13.0 Å². The molecule has 0 amide bonds. The highest BCUT2D eigenvalue weighted by molar-refractivity contribution is 5.88. The molecule has 0 saturated heterocycles. The highest BCUT2D eigenvalue weighted by atomic mass is 16.4. The van der Waals surface area contributed by atoms with Crippen LogP contribution >= 0.6 is 0 Å². The van der Waals surface area contributed by atoms with Gasteiger partial charge in [0.1, 0.15) is 0 Å². The number of hydrogen-bond donors (Lipinski definition) is 1. The van der Waals surface area contributed by atoms with Crippen LogP contribution in [0, 0.1) is 0 Å². The van der Waals surface area contributed by atoms with Crippen LogP contribution in [0.1, 0.15) is 13.3 Å². The quantitative estimate of drug-likeness (QED) is 0.572. The molecular formula is C7H8O2. The van der Waals surface area contributed by atoms with Crippen LogP contribution < -0.4 is 0 Å². The van der Waals surface area contributed by atoms with Crippen molar-refractivity contribution >= 4 is 5.97 Å². The summed E-state index contributed by atoms with van der Waals surface area (Å²) in [5.41, 5.74) is 1.54. The Labute approximate surface area is 53.5 Å². The van der Waals surface area contributed by atoms with E-state index in [9.17, 15) is 4.79 Å². The van der Waals surface area contributed by atoms with E-state index < -0.39 is 5.97 Å². The van der Waals surface area contributed by atoms with E-state index in [4.69, 9.17) is 5.11 Å². The maximum absolute atomic E-state index is 10.2. The van der Waals surface area contributed by atoms with Crippen molar-refractivity contribution in [2.45, 2.75) is 13.3 Å². The minimum atomic E-state index is -0.803. The lowest BCUT2D eigenvalue weighted by Gasteiger charge is -1.87. The van der Waals surface area contributed by atoms with Crippen LogP contribution in [-0.2, 0) is 4.79 Å². The van der Waals surface area contributed by atoms with Gasteiger partial charge in [-0.2, -0.15) is 0 Å². The van der Waals surface area contributed by atoms with Gasteiger partial charge in [-0.05, 0) is 19.4 Å². The Hall–Kier alpha value is -1.05. The summed E-state index contributed by atoms with van der Waals surface area (Å²) in [6.07, 6.45) is 4.19. The number of carboxylic acid groups (broad SMARTS) is 1. The molecule has 0 heterocycles. The molecule has 1 rings (SSSR count). The Morgan fingerprint density at radius 1 is 1.78 bits per heavy atom. The molecule has 0 fully saturated rings. The first-order valence-electron chi connectivity index (χ1n) is 2.81. The predicted molar refractivity (Wildman–Crippen MR) is 34.1 cm³/mol. The van der Waals surface area contributed by atoms with E-state index in [0.717, 1.165) is 5.57 Å². The van der Waals surface area contributed by atoms with Crippen molar-refractivity contribution in [1.82, 2.24) is 0 Å². The van der Waals surface area contributed by atoms with Crippen molar-refractivity contribution in [1.29, 1.82) is 0 Å². The summed E-state index contributed by atoms with van der Waals surface area (Å²) in [5, 5.41) is 8.43. The smallest absolute Gasteiger partial charge is 0.331 e. The number of hydrogen-bond acceptors (Lipinski definition) is 1. The molecule has 0 aromatic carbocycles. The molecule has 1 N–H and O–H groups in total. The molecule has 2 heteroatoms. The molecule has 0 unspecified atom stereocenters. The van der Waals surface area contributed by atoms with E-state index in [0.29, 0.717) is 12.0 Å². The van der Waals surface area contributed by atoms with Gasteiger partial charge in [0.05, 0.1) is 0 Å². The fraction of sp³-hybridized carbons (Fsp3) is 0.286. The lowest BCUT2D eigenvalue weighted by molar-refractivity contribution is -0.132. The van der Waals surface area contributed by atoms with Crippen molar-refractivity contribution in [3.63, 3.8) is 0 Å². The summed E-state index contributed by atoms with van der Waals surface area (Å²) in [6.45, 7) is 1.90. The number of allylic oxidation sites excluding steroid dienone is 3. The van der Waals surface area contributed by atoms with E-state index in [-0.39, 0.29) is 0 Å². The minimum Gasteiger partial charge on any atom is -0.478 e. The van der Waals surface area contributed by atoms with Crippen LogP contribution in [0.4, 0.5) is 0 Å². The lowest BCUT2D eigenvalue weighted by atomic mass is 10.2. The van der Waals surface area contributed by atoms with E-state index in [1.165, 1.54) is 0 Å². The molecule has 0 aromatic rings. The van der Waals surface area contributed by atoms with Crippen molar-refractivity contribution in [2.75, 3.05) is 0 Å².